The minimum atomic E-state index is 0.192. The van der Waals surface area contributed by atoms with Crippen LogP contribution in [0, 0.1) is 6.92 Å². The van der Waals surface area contributed by atoms with Crippen LogP contribution in [0.3, 0.4) is 0 Å². The van der Waals surface area contributed by atoms with E-state index in [0.29, 0.717) is 16.7 Å². The SMILES string of the molecule is Cc1nc(-c2cccc([C@@H]3CN(C)Cc4c(Cl)cc(Cl)cc43)c2)no1. The van der Waals surface area contributed by atoms with E-state index in [2.05, 4.69) is 34.2 Å². The Labute approximate surface area is 156 Å². The molecule has 1 aromatic heterocycles. The van der Waals surface area contributed by atoms with E-state index >= 15 is 0 Å². The molecular weight excluding hydrogens is 357 g/mol. The molecule has 0 aliphatic carbocycles. The first kappa shape index (κ1) is 16.6. The highest BCUT2D eigenvalue weighted by Crippen LogP contribution is 2.39. The van der Waals surface area contributed by atoms with E-state index in [1.807, 2.05) is 24.3 Å². The summed E-state index contributed by atoms with van der Waals surface area (Å²) in [5.74, 6) is 1.35. The van der Waals surface area contributed by atoms with Gasteiger partial charge in [0.25, 0.3) is 0 Å². The Balaban J connectivity index is 1.81. The average Bonchev–Trinajstić information content (AvgIpc) is 3.02. The molecule has 6 heteroatoms. The molecule has 0 bridgehead atoms. The summed E-state index contributed by atoms with van der Waals surface area (Å²) in [5.41, 5.74) is 4.46. The zero-order chi connectivity index (χ0) is 17.6. The first-order chi connectivity index (χ1) is 12.0. The first-order valence-corrected chi connectivity index (χ1v) is 8.84. The maximum atomic E-state index is 6.45. The van der Waals surface area contributed by atoms with Gasteiger partial charge in [0, 0.05) is 41.5 Å². The molecule has 25 heavy (non-hydrogen) atoms. The maximum absolute atomic E-state index is 6.45. The average molecular weight is 374 g/mol. The van der Waals surface area contributed by atoms with Crippen LogP contribution in [-0.2, 0) is 6.54 Å². The molecule has 4 nitrogen and oxygen atoms in total. The van der Waals surface area contributed by atoms with Crippen LogP contribution in [-0.4, -0.2) is 28.6 Å². The van der Waals surface area contributed by atoms with Gasteiger partial charge in [0.2, 0.25) is 11.7 Å². The number of hydrogen-bond acceptors (Lipinski definition) is 4. The minimum absolute atomic E-state index is 0.192. The molecule has 128 valence electrons. The van der Waals surface area contributed by atoms with Crippen molar-refractivity contribution in [2.24, 2.45) is 0 Å². The van der Waals surface area contributed by atoms with Crippen molar-refractivity contribution >= 4 is 23.2 Å². The molecule has 4 rings (SSSR count). The predicted molar refractivity (Wildman–Crippen MR) is 99.1 cm³/mol. The highest BCUT2D eigenvalue weighted by atomic mass is 35.5. The predicted octanol–water partition coefficient (Wildman–Crippen LogP) is 4.93. The standard InChI is InChI=1S/C19H17Cl2N3O/c1-11-22-19(23-25-11)13-5-3-4-12(6-13)16-9-24(2)10-17-15(16)7-14(20)8-18(17)21/h3-8,16H,9-10H2,1-2H3/t16-/m0/s1. The number of benzene rings is 2. The third-order valence-electron chi connectivity index (χ3n) is 4.57. The van der Waals surface area contributed by atoms with Crippen molar-refractivity contribution in [1.29, 1.82) is 0 Å². The molecular formula is C19H17Cl2N3O. The fourth-order valence-corrected chi connectivity index (χ4v) is 4.01. The van der Waals surface area contributed by atoms with E-state index in [1.54, 1.807) is 6.92 Å². The molecule has 1 atom stereocenters. The topological polar surface area (TPSA) is 42.2 Å². The summed E-state index contributed by atoms with van der Waals surface area (Å²) in [7, 11) is 2.10. The van der Waals surface area contributed by atoms with Crippen LogP contribution in [0.2, 0.25) is 10.0 Å². The lowest BCUT2D eigenvalue weighted by molar-refractivity contribution is 0.295. The van der Waals surface area contributed by atoms with Gasteiger partial charge in [0.15, 0.2) is 0 Å². The van der Waals surface area contributed by atoms with Crippen molar-refractivity contribution in [3.63, 3.8) is 0 Å². The number of aromatic nitrogens is 2. The quantitative estimate of drug-likeness (QED) is 0.638. The number of fused-ring (bicyclic) bond motifs is 1. The highest BCUT2D eigenvalue weighted by molar-refractivity contribution is 6.35. The van der Waals surface area contributed by atoms with Crippen LogP contribution in [0.1, 0.15) is 28.5 Å². The largest absolute Gasteiger partial charge is 0.339 e. The third-order valence-corrected chi connectivity index (χ3v) is 5.12. The second kappa shape index (κ2) is 6.45. The molecule has 0 unspecified atom stereocenters. The summed E-state index contributed by atoms with van der Waals surface area (Å²) >= 11 is 12.7. The summed E-state index contributed by atoms with van der Waals surface area (Å²) in [6.45, 7) is 3.51. The first-order valence-electron chi connectivity index (χ1n) is 8.08. The Morgan fingerprint density at radius 3 is 2.80 bits per heavy atom. The highest BCUT2D eigenvalue weighted by Gasteiger charge is 2.27. The van der Waals surface area contributed by atoms with Crippen LogP contribution in [0.25, 0.3) is 11.4 Å². The molecule has 0 radical (unpaired) electrons. The zero-order valence-corrected chi connectivity index (χ0v) is 15.5. The molecule has 2 heterocycles. The van der Waals surface area contributed by atoms with Crippen molar-refractivity contribution in [3.05, 3.63) is 69.0 Å². The van der Waals surface area contributed by atoms with Crippen molar-refractivity contribution in [3.8, 4) is 11.4 Å². The van der Waals surface area contributed by atoms with Crippen LogP contribution < -0.4 is 0 Å². The van der Waals surface area contributed by atoms with Gasteiger partial charge >= 0.3 is 0 Å². The molecule has 0 spiro atoms. The lowest BCUT2D eigenvalue weighted by Gasteiger charge is -2.33. The minimum Gasteiger partial charge on any atom is -0.339 e. The Hall–Kier alpha value is -1.88. The van der Waals surface area contributed by atoms with E-state index in [-0.39, 0.29) is 5.92 Å². The molecule has 0 N–H and O–H groups in total. The Kier molecular flexibility index (Phi) is 4.28. The zero-order valence-electron chi connectivity index (χ0n) is 14.0. The number of aryl methyl sites for hydroxylation is 1. The smallest absolute Gasteiger partial charge is 0.223 e. The summed E-state index contributed by atoms with van der Waals surface area (Å²) in [4.78, 5) is 6.60. The molecule has 0 saturated heterocycles. The van der Waals surface area contributed by atoms with E-state index < -0.39 is 0 Å². The van der Waals surface area contributed by atoms with Gasteiger partial charge in [-0.2, -0.15) is 4.98 Å². The van der Waals surface area contributed by atoms with Crippen LogP contribution >= 0.6 is 23.2 Å². The van der Waals surface area contributed by atoms with E-state index in [0.717, 1.165) is 29.2 Å². The van der Waals surface area contributed by atoms with Gasteiger partial charge < -0.3 is 9.42 Å². The Morgan fingerprint density at radius 2 is 2.04 bits per heavy atom. The molecule has 0 amide bonds. The van der Waals surface area contributed by atoms with Crippen molar-refractivity contribution in [2.45, 2.75) is 19.4 Å². The monoisotopic (exact) mass is 373 g/mol. The number of likely N-dealkylation sites (N-methyl/N-ethyl adjacent to an activating group) is 1. The van der Waals surface area contributed by atoms with Crippen molar-refractivity contribution in [2.75, 3.05) is 13.6 Å². The van der Waals surface area contributed by atoms with E-state index in [1.165, 1.54) is 11.1 Å². The fraction of sp³-hybridized carbons (Fsp3) is 0.263. The van der Waals surface area contributed by atoms with Gasteiger partial charge in [-0.25, -0.2) is 0 Å². The summed E-state index contributed by atoms with van der Waals surface area (Å²) in [6, 6.07) is 12.1. The van der Waals surface area contributed by atoms with Crippen LogP contribution in [0.15, 0.2) is 40.9 Å². The van der Waals surface area contributed by atoms with Gasteiger partial charge in [0.1, 0.15) is 0 Å². The fourth-order valence-electron chi connectivity index (χ4n) is 3.44. The van der Waals surface area contributed by atoms with Gasteiger partial charge in [-0.05, 0) is 41.9 Å². The molecule has 1 aliphatic heterocycles. The van der Waals surface area contributed by atoms with Gasteiger partial charge in [0.05, 0.1) is 0 Å². The summed E-state index contributed by atoms with van der Waals surface area (Å²) in [6.07, 6.45) is 0. The second-order valence-electron chi connectivity index (χ2n) is 6.47. The van der Waals surface area contributed by atoms with Crippen molar-refractivity contribution < 1.29 is 4.52 Å². The van der Waals surface area contributed by atoms with Crippen LogP contribution in [0.5, 0.6) is 0 Å². The molecule has 2 aromatic carbocycles. The molecule has 0 saturated carbocycles. The maximum Gasteiger partial charge on any atom is 0.223 e. The van der Waals surface area contributed by atoms with E-state index in [4.69, 9.17) is 27.7 Å². The second-order valence-corrected chi connectivity index (χ2v) is 7.31. The van der Waals surface area contributed by atoms with Crippen LogP contribution in [0.4, 0.5) is 0 Å². The summed E-state index contributed by atoms with van der Waals surface area (Å²) in [5, 5.41) is 5.42. The van der Waals surface area contributed by atoms with Gasteiger partial charge in [-0.15, -0.1) is 0 Å². The van der Waals surface area contributed by atoms with Crippen molar-refractivity contribution in [1.82, 2.24) is 15.0 Å². The Morgan fingerprint density at radius 1 is 1.20 bits per heavy atom. The number of nitrogens with zero attached hydrogens (tertiary/aromatic N) is 3. The number of rotatable bonds is 2. The van der Waals surface area contributed by atoms with Gasteiger partial charge in [-0.1, -0.05) is 46.6 Å². The number of hydrogen-bond donors (Lipinski definition) is 0. The third kappa shape index (κ3) is 3.17. The normalized spacial score (nSPS) is 17.5. The lowest BCUT2D eigenvalue weighted by atomic mass is 9.84. The molecule has 0 fully saturated rings. The van der Waals surface area contributed by atoms with Gasteiger partial charge in [-0.3, -0.25) is 0 Å². The Bertz CT molecular complexity index is 938. The van der Waals surface area contributed by atoms with E-state index in [9.17, 15) is 0 Å². The molecule has 3 aromatic rings. The lowest BCUT2D eigenvalue weighted by Crippen LogP contribution is -2.31. The molecule has 1 aliphatic rings. The number of halogens is 2. The summed E-state index contributed by atoms with van der Waals surface area (Å²) < 4.78 is 5.10.